The maximum Gasteiger partial charge on any atom is 0.432 e. The second-order valence-electron chi connectivity index (χ2n) is 11.9. The third-order valence-electron chi connectivity index (χ3n) is 9.20. The first-order chi connectivity index (χ1) is 21.0. The molecule has 5 rings (SSSR count). The average molecular weight is 616 g/mol. The molecule has 2 aliphatic rings. The molecule has 0 amide bonds. The Morgan fingerprint density at radius 1 is 0.750 bits per heavy atom. The predicted octanol–water partition coefficient (Wildman–Crippen LogP) is 10.7. The lowest BCUT2D eigenvalue weighted by Gasteiger charge is -2.37. The largest absolute Gasteiger partial charge is 0.432 e. The maximum atomic E-state index is 15.3. The third-order valence-corrected chi connectivity index (χ3v) is 9.20. The van der Waals surface area contributed by atoms with Gasteiger partial charge < -0.3 is 4.74 Å². The van der Waals surface area contributed by atoms with Crippen molar-refractivity contribution in [1.82, 2.24) is 0 Å². The quantitative estimate of drug-likeness (QED) is 0.196. The van der Waals surface area contributed by atoms with Crippen LogP contribution in [0.3, 0.4) is 0 Å². The van der Waals surface area contributed by atoms with Crippen LogP contribution in [0.25, 0.3) is 11.1 Å². The summed E-state index contributed by atoms with van der Waals surface area (Å²) in [5.74, 6) is -6.00. The lowest BCUT2D eigenvalue weighted by molar-refractivity contribution is -0.189. The molecule has 0 atom stereocenters. The summed E-state index contributed by atoms with van der Waals surface area (Å²) in [5.41, 5.74) is -2.50. The molecule has 0 saturated heterocycles. The van der Waals surface area contributed by atoms with E-state index in [1.54, 1.807) is 6.07 Å². The van der Waals surface area contributed by atoms with Crippen molar-refractivity contribution in [2.75, 3.05) is 0 Å². The first kappa shape index (κ1) is 31.6. The van der Waals surface area contributed by atoms with Gasteiger partial charge in [-0.25, -0.2) is 22.0 Å². The zero-order valence-corrected chi connectivity index (χ0v) is 24.2. The SMILES string of the molecule is CC=CC1CCC(C2CCC(c3ccc(-c4cc(F)c(C(F)(F)Oc5cc(F)c(C#N)c(F)c5)c(F)c4)c(F)c3)CC2)CC1. The van der Waals surface area contributed by atoms with Crippen LogP contribution < -0.4 is 4.74 Å². The van der Waals surface area contributed by atoms with E-state index in [1.807, 2.05) is 0 Å². The van der Waals surface area contributed by atoms with E-state index in [9.17, 15) is 26.3 Å². The summed E-state index contributed by atoms with van der Waals surface area (Å²) in [6, 6.07) is 7.40. The fourth-order valence-corrected chi connectivity index (χ4v) is 6.95. The molecule has 0 spiro atoms. The van der Waals surface area contributed by atoms with E-state index < -0.39 is 52.1 Å². The minimum atomic E-state index is -4.69. The number of halogens is 7. The molecule has 2 aliphatic carbocycles. The number of nitriles is 1. The van der Waals surface area contributed by atoms with Crippen LogP contribution in [-0.2, 0) is 6.11 Å². The van der Waals surface area contributed by atoms with Gasteiger partial charge in [0.25, 0.3) is 0 Å². The lowest BCUT2D eigenvalue weighted by Crippen LogP contribution is -2.25. The molecule has 0 aromatic heterocycles. The lowest BCUT2D eigenvalue weighted by atomic mass is 9.68. The summed E-state index contributed by atoms with van der Waals surface area (Å²) < 4.78 is 107. The molecule has 0 N–H and O–H groups in total. The van der Waals surface area contributed by atoms with Crippen LogP contribution in [0.2, 0.25) is 0 Å². The van der Waals surface area contributed by atoms with E-state index in [4.69, 9.17) is 5.26 Å². The van der Waals surface area contributed by atoms with Crippen molar-refractivity contribution in [3.63, 3.8) is 0 Å². The third kappa shape index (κ3) is 6.64. The van der Waals surface area contributed by atoms with Gasteiger partial charge in [-0.3, -0.25) is 0 Å². The topological polar surface area (TPSA) is 33.0 Å². The molecule has 2 fully saturated rings. The van der Waals surface area contributed by atoms with Crippen molar-refractivity contribution in [3.05, 3.63) is 100 Å². The van der Waals surface area contributed by atoms with Crippen molar-refractivity contribution in [3.8, 4) is 22.9 Å². The van der Waals surface area contributed by atoms with Crippen molar-refractivity contribution >= 4 is 0 Å². The standard InChI is InChI=1S/C35H32F7NO/c1-2-3-20-4-6-21(7-5-20)22-8-10-23(11-9-22)24-12-13-27(29(36)14-24)25-15-32(39)34(33(40)16-25)35(41,42)44-26-17-30(37)28(19-43)31(38)18-26/h2-3,12-18,20-23H,4-11H2,1H3. The Labute approximate surface area is 252 Å². The van der Waals surface area contributed by atoms with Crippen molar-refractivity contribution in [1.29, 1.82) is 5.26 Å². The Bertz CT molecular complexity index is 1530. The van der Waals surface area contributed by atoms with Gasteiger partial charge in [-0.1, -0.05) is 24.3 Å². The number of ether oxygens (including phenoxy) is 1. The molecule has 0 radical (unpaired) electrons. The van der Waals surface area contributed by atoms with Crippen molar-refractivity contribution < 1.29 is 35.5 Å². The summed E-state index contributed by atoms with van der Waals surface area (Å²) in [5, 5.41) is 8.72. The molecule has 2 nitrogen and oxygen atoms in total. The number of hydrogen-bond donors (Lipinski definition) is 0. The van der Waals surface area contributed by atoms with Gasteiger partial charge >= 0.3 is 6.11 Å². The molecule has 3 aromatic rings. The van der Waals surface area contributed by atoms with E-state index in [-0.39, 0.29) is 17.0 Å². The number of rotatable bonds is 7. The molecule has 232 valence electrons. The molecule has 0 heterocycles. The predicted molar refractivity (Wildman–Crippen MR) is 152 cm³/mol. The van der Waals surface area contributed by atoms with Crippen LogP contribution >= 0.6 is 0 Å². The van der Waals surface area contributed by atoms with Crippen molar-refractivity contribution in [2.24, 2.45) is 17.8 Å². The average Bonchev–Trinajstić information content (AvgIpc) is 2.97. The van der Waals surface area contributed by atoms with E-state index in [2.05, 4.69) is 23.8 Å². The van der Waals surface area contributed by atoms with Crippen LogP contribution in [0.5, 0.6) is 5.75 Å². The zero-order chi connectivity index (χ0) is 31.6. The molecule has 2 saturated carbocycles. The summed E-state index contributed by atoms with van der Waals surface area (Å²) in [7, 11) is 0. The van der Waals surface area contributed by atoms with Gasteiger partial charge in [0.05, 0.1) is 0 Å². The number of alkyl halides is 2. The minimum Gasteiger partial charge on any atom is -0.429 e. The number of nitrogens with zero attached hydrogens (tertiary/aromatic N) is 1. The second-order valence-corrected chi connectivity index (χ2v) is 11.9. The molecular weight excluding hydrogens is 583 g/mol. The number of allylic oxidation sites excluding steroid dienone is 2. The minimum absolute atomic E-state index is 0.162. The summed E-state index contributed by atoms with van der Waals surface area (Å²) in [6.07, 6.45) is 8.68. The molecule has 9 heteroatoms. The number of hydrogen-bond acceptors (Lipinski definition) is 2. The van der Waals surface area contributed by atoms with E-state index in [0.29, 0.717) is 36.1 Å². The van der Waals surface area contributed by atoms with Gasteiger partial charge in [0.1, 0.15) is 52.0 Å². The molecule has 0 unspecified atom stereocenters. The highest BCUT2D eigenvalue weighted by Crippen LogP contribution is 2.45. The van der Waals surface area contributed by atoms with Gasteiger partial charge in [-0.2, -0.15) is 14.0 Å². The molecule has 44 heavy (non-hydrogen) atoms. The monoisotopic (exact) mass is 615 g/mol. The van der Waals surface area contributed by atoms with E-state index in [0.717, 1.165) is 37.2 Å². The van der Waals surface area contributed by atoms with Crippen LogP contribution in [0.1, 0.15) is 80.9 Å². The second kappa shape index (κ2) is 13.1. The van der Waals surface area contributed by atoms with Crippen molar-refractivity contribution in [2.45, 2.75) is 70.3 Å². The zero-order valence-electron chi connectivity index (χ0n) is 24.2. The molecule has 0 bridgehead atoms. The smallest absolute Gasteiger partial charge is 0.429 e. The van der Waals surface area contributed by atoms with Crippen LogP contribution in [0, 0.1) is 58.2 Å². The fraction of sp³-hybridized carbons (Fsp3) is 0.400. The fourth-order valence-electron chi connectivity index (χ4n) is 6.95. The number of benzene rings is 3. The Morgan fingerprint density at radius 2 is 1.32 bits per heavy atom. The highest BCUT2D eigenvalue weighted by atomic mass is 19.3. The highest BCUT2D eigenvalue weighted by Gasteiger charge is 2.42. The Balaban J connectivity index is 1.27. The Morgan fingerprint density at radius 3 is 1.84 bits per heavy atom. The Hall–Kier alpha value is -3.80. The molecular formula is C35H32F7NO. The summed E-state index contributed by atoms with van der Waals surface area (Å²) in [6.45, 7) is 2.06. The Kier molecular flexibility index (Phi) is 9.38. The normalized spacial score (nSPS) is 22.6. The van der Waals surface area contributed by atoms with Crippen LogP contribution in [-0.4, -0.2) is 0 Å². The van der Waals surface area contributed by atoms with Crippen LogP contribution in [0.15, 0.2) is 54.6 Å². The van der Waals surface area contributed by atoms with Gasteiger partial charge in [0, 0.05) is 17.7 Å². The van der Waals surface area contributed by atoms with Crippen LogP contribution in [0.4, 0.5) is 30.7 Å². The van der Waals surface area contributed by atoms with Gasteiger partial charge in [-0.15, -0.1) is 0 Å². The first-order valence-electron chi connectivity index (χ1n) is 14.9. The van der Waals surface area contributed by atoms with E-state index in [1.165, 1.54) is 43.9 Å². The first-order valence-corrected chi connectivity index (χ1v) is 14.9. The maximum absolute atomic E-state index is 15.3. The summed E-state index contributed by atoms with van der Waals surface area (Å²) in [4.78, 5) is 0. The molecule has 3 aromatic carbocycles. The van der Waals surface area contributed by atoms with Gasteiger partial charge in [0.15, 0.2) is 0 Å². The van der Waals surface area contributed by atoms with E-state index >= 15 is 4.39 Å². The molecule has 0 aliphatic heterocycles. The highest BCUT2D eigenvalue weighted by molar-refractivity contribution is 5.65. The van der Waals surface area contributed by atoms with Gasteiger partial charge in [0.2, 0.25) is 0 Å². The van der Waals surface area contributed by atoms with Gasteiger partial charge in [-0.05, 0) is 111 Å². The summed E-state index contributed by atoms with van der Waals surface area (Å²) >= 11 is 0.